The number of fused-ring (bicyclic) bond motifs is 1. The molecule has 2 bridgehead atoms. The zero-order valence-corrected chi connectivity index (χ0v) is 16.7. The van der Waals surface area contributed by atoms with Crippen molar-refractivity contribution in [1.29, 1.82) is 0 Å². The van der Waals surface area contributed by atoms with Crippen molar-refractivity contribution in [2.75, 3.05) is 32.7 Å². The van der Waals surface area contributed by atoms with Gasteiger partial charge in [-0.2, -0.15) is 0 Å². The number of amides is 2. The first-order valence-electron chi connectivity index (χ1n) is 10.5. The summed E-state index contributed by atoms with van der Waals surface area (Å²) in [5, 5.41) is 0. The lowest BCUT2D eigenvalue weighted by molar-refractivity contribution is -0.150. The van der Waals surface area contributed by atoms with Crippen molar-refractivity contribution in [2.45, 2.75) is 63.3 Å². The van der Waals surface area contributed by atoms with Gasteiger partial charge in [-0.05, 0) is 46.7 Å². The van der Waals surface area contributed by atoms with Gasteiger partial charge in [0.15, 0.2) is 0 Å². The summed E-state index contributed by atoms with van der Waals surface area (Å²) in [4.78, 5) is 32.9. The molecular weight excluding hydrogens is 342 g/mol. The summed E-state index contributed by atoms with van der Waals surface area (Å²) in [6, 6.07) is 0.503. The molecule has 0 aliphatic carbocycles. The number of nitrogens with zero attached hydrogens (tertiary/aromatic N) is 3. The minimum absolute atomic E-state index is 0.0841. The Morgan fingerprint density at radius 1 is 1.19 bits per heavy atom. The molecule has 0 N–H and O–H groups in total. The summed E-state index contributed by atoms with van der Waals surface area (Å²) < 4.78 is 6.24. The Morgan fingerprint density at radius 3 is 2.56 bits per heavy atom. The van der Waals surface area contributed by atoms with Crippen molar-refractivity contribution in [2.24, 2.45) is 11.8 Å². The maximum atomic E-state index is 13.3. The summed E-state index contributed by atoms with van der Waals surface area (Å²) in [5.74, 6) is -0.500. The lowest BCUT2D eigenvalue weighted by atomic mass is 9.76. The molecule has 1 spiro atoms. The zero-order valence-electron chi connectivity index (χ0n) is 16.7. The van der Waals surface area contributed by atoms with E-state index >= 15 is 0 Å². The van der Waals surface area contributed by atoms with Crippen LogP contribution in [0.1, 0.15) is 40.0 Å². The molecule has 5 rings (SSSR count). The van der Waals surface area contributed by atoms with Gasteiger partial charge in [0.1, 0.15) is 5.60 Å². The Morgan fingerprint density at radius 2 is 1.89 bits per heavy atom. The first-order chi connectivity index (χ1) is 12.8. The molecule has 6 nitrogen and oxygen atoms in total. The van der Waals surface area contributed by atoms with E-state index in [1.165, 1.54) is 19.3 Å². The van der Waals surface area contributed by atoms with Crippen LogP contribution in [0.15, 0.2) is 12.2 Å². The molecule has 0 aromatic carbocycles. The number of hydrogen-bond donors (Lipinski definition) is 0. The highest BCUT2D eigenvalue weighted by atomic mass is 16.5. The second kappa shape index (κ2) is 5.80. The minimum atomic E-state index is -0.591. The van der Waals surface area contributed by atoms with Crippen molar-refractivity contribution in [3.8, 4) is 0 Å². The van der Waals surface area contributed by atoms with Crippen molar-refractivity contribution in [3.05, 3.63) is 12.2 Å². The maximum absolute atomic E-state index is 13.3. The van der Waals surface area contributed by atoms with E-state index in [2.05, 4.69) is 4.90 Å². The molecule has 148 valence electrons. The summed E-state index contributed by atoms with van der Waals surface area (Å²) in [5.41, 5.74) is -0.846. The van der Waals surface area contributed by atoms with Crippen LogP contribution >= 0.6 is 0 Å². The Labute approximate surface area is 161 Å². The van der Waals surface area contributed by atoms with Gasteiger partial charge < -0.3 is 14.5 Å². The third-order valence-electron chi connectivity index (χ3n) is 7.28. The zero-order chi connectivity index (χ0) is 19.0. The van der Waals surface area contributed by atoms with Crippen LogP contribution in [0.25, 0.3) is 0 Å². The number of likely N-dealkylation sites (tertiary alicyclic amines) is 3. The van der Waals surface area contributed by atoms with Gasteiger partial charge in [-0.1, -0.05) is 18.6 Å². The highest BCUT2D eigenvalue weighted by Crippen LogP contribution is 2.53. The molecule has 0 aromatic heterocycles. The third kappa shape index (κ3) is 2.52. The average Bonchev–Trinajstić information content (AvgIpc) is 3.22. The Kier molecular flexibility index (Phi) is 3.80. The van der Waals surface area contributed by atoms with Crippen LogP contribution in [0.5, 0.6) is 0 Å². The quantitative estimate of drug-likeness (QED) is 0.684. The fourth-order valence-electron chi connectivity index (χ4n) is 5.71. The molecular formula is C21H31N3O3. The van der Waals surface area contributed by atoms with Crippen molar-refractivity contribution in [3.63, 3.8) is 0 Å². The van der Waals surface area contributed by atoms with E-state index in [1.807, 2.05) is 42.7 Å². The van der Waals surface area contributed by atoms with E-state index in [1.54, 1.807) is 0 Å². The van der Waals surface area contributed by atoms with Crippen LogP contribution < -0.4 is 0 Å². The average molecular weight is 373 g/mol. The molecule has 0 unspecified atom stereocenters. The third-order valence-corrected chi connectivity index (χ3v) is 7.28. The largest absolute Gasteiger partial charge is 0.360 e. The molecule has 6 heteroatoms. The normalized spacial score (nSPS) is 39.2. The monoisotopic (exact) mass is 373 g/mol. The summed E-state index contributed by atoms with van der Waals surface area (Å²) in [6.07, 6.45) is 7.70. The fourth-order valence-corrected chi connectivity index (χ4v) is 5.71. The van der Waals surface area contributed by atoms with E-state index in [-0.39, 0.29) is 35.3 Å². The topological polar surface area (TPSA) is 53.1 Å². The Bertz CT molecular complexity index is 687. The predicted octanol–water partition coefficient (Wildman–Crippen LogP) is 1.26. The standard InChI is InChI=1S/C21H31N3O3/c1-20(2,3)24-13-21-8-7-15(27-21)16(17(21)19(24)26)18(25)23-11-14(12-23)22-9-5-4-6-10-22/h7-8,14-17H,4-6,9-13H2,1-3H3/t15-,16-,17-,21-/m0/s1. The molecule has 5 aliphatic heterocycles. The Hall–Kier alpha value is -1.40. The SMILES string of the molecule is CC(C)(C)N1C[C@]23C=C[C@H](O2)[C@H](C(=O)N2CC(N4CCCCC4)C2)[C@H]3C1=O. The van der Waals surface area contributed by atoms with E-state index in [9.17, 15) is 9.59 Å². The summed E-state index contributed by atoms with van der Waals surface area (Å²) >= 11 is 0. The van der Waals surface area contributed by atoms with E-state index in [4.69, 9.17) is 4.74 Å². The van der Waals surface area contributed by atoms with Crippen LogP contribution in [-0.2, 0) is 14.3 Å². The van der Waals surface area contributed by atoms with E-state index in [0.717, 1.165) is 26.2 Å². The lowest BCUT2D eigenvalue weighted by Crippen LogP contribution is -2.64. The van der Waals surface area contributed by atoms with Gasteiger partial charge in [0.05, 0.1) is 24.5 Å². The smallest absolute Gasteiger partial charge is 0.230 e. The molecule has 2 amide bonds. The number of hydrogen-bond acceptors (Lipinski definition) is 4. The predicted molar refractivity (Wildman–Crippen MR) is 101 cm³/mol. The molecule has 0 aromatic rings. The van der Waals surface area contributed by atoms with Crippen molar-refractivity contribution in [1.82, 2.24) is 14.7 Å². The van der Waals surface area contributed by atoms with Crippen LogP contribution in [0.2, 0.25) is 0 Å². The first-order valence-corrected chi connectivity index (χ1v) is 10.5. The van der Waals surface area contributed by atoms with Crippen LogP contribution in [0, 0.1) is 11.8 Å². The molecule has 0 radical (unpaired) electrons. The van der Waals surface area contributed by atoms with Crippen molar-refractivity contribution < 1.29 is 14.3 Å². The second-order valence-electron chi connectivity index (χ2n) is 9.99. The second-order valence-corrected chi connectivity index (χ2v) is 9.99. The van der Waals surface area contributed by atoms with Gasteiger partial charge in [-0.3, -0.25) is 14.5 Å². The molecule has 4 fully saturated rings. The number of carbonyl (C=O) groups is 2. The van der Waals surface area contributed by atoms with Crippen molar-refractivity contribution >= 4 is 11.8 Å². The van der Waals surface area contributed by atoms with Gasteiger partial charge >= 0.3 is 0 Å². The van der Waals surface area contributed by atoms with Gasteiger partial charge in [-0.15, -0.1) is 0 Å². The molecule has 4 atom stereocenters. The fraction of sp³-hybridized carbons (Fsp3) is 0.810. The number of ether oxygens (including phenoxy) is 1. The van der Waals surface area contributed by atoms with Crippen LogP contribution in [0.4, 0.5) is 0 Å². The van der Waals surface area contributed by atoms with Crippen LogP contribution in [0.3, 0.4) is 0 Å². The minimum Gasteiger partial charge on any atom is -0.360 e. The molecule has 4 saturated heterocycles. The summed E-state index contributed by atoms with van der Waals surface area (Å²) in [6.45, 7) is 10.7. The van der Waals surface area contributed by atoms with Gasteiger partial charge in [-0.25, -0.2) is 0 Å². The molecule has 5 heterocycles. The van der Waals surface area contributed by atoms with E-state index in [0.29, 0.717) is 12.6 Å². The highest BCUT2D eigenvalue weighted by Gasteiger charge is 2.68. The van der Waals surface area contributed by atoms with Gasteiger partial charge in [0, 0.05) is 24.7 Å². The summed E-state index contributed by atoms with van der Waals surface area (Å²) in [7, 11) is 0. The number of piperidine rings is 1. The van der Waals surface area contributed by atoms with Gasteiger partial charge in [0.2, 0.25) is 11.8 Å². The molecule has 5 aliphatic rings. The lowest BCUT2D eigenvalue weighted by Gasteiger charge is -2.48. The molecule has 0 saturated carbocycles. The Balaban J connectivity index is 1.31. The highest BCUT2D eigenvalue weighted by molar-refractivity contribution is 5.93. The number of carbonyl (C=O) groups excluding carboxylic acids is 2. The van der Waals surface area contributed by atoms with E-state index < -0.39 is 5.60 Å². The van der Waals surface area contributed by atoms with Gasteiger partial charge in [0.25, 0.3) is 0 Å². The molecule has 27 heavy (non-hydrogen) atoms. The van der Waals surface area contributed by atoms with Crippen LogP contribution in [-0.4, -0.2) is 82.5 Å². The maximum Gasteiger partial charge on any atom is 0.230 e. The number of rotatable bonds is 2. The first kappa shape index (κ1) is 17.7.